The van der Waals surface area contributed by atoms with Gasteiger partial charge in [0.1, 0.15) is 0 Å². The van der Waals surface area contributed by atoms with Crippen LogP contribution in [0.4, 0.5) is 0 Å². The van der Waals surface area contributed by atoms with E-state index in [2.05, 4.69) is 0 Å². The minimum Gasteiger partial charge on any atom is -0.466 e. The van der Waals surface area contributed by atoms with Crippen LogP contribution in [0.2, 0.25) is 0 Å². The highest BCUT2D eigenvalue weighted by Crippen LogP contribution is 2.27. The van der Waals surface area contributed by atoms with E-state index in [0.29, 0.717) is 26.1 Å². The zero-order chi connectivity index (χ0) is 24.6. The monoisotopic (exact) mass is 458 g/mol. The number of aliphatic hydroxyl groups excluding tert-OH is 2. The quantitative estimate of drug-likeness (QED) is 0.194. The second-order valence-electron chi connectivity index (χ2n) is 10.2. The lowest BCUT2D eigenvalue weighted by molar-refractivity contribution is -0.154. The first-order valence-corrected chi connectivity index (χ1v) is 12.7. The summed E-state index contributed by atoms with van der Waals surface area (Å²) < 4.78 is 10.2. The highest BCUT2D eigenvalue weighted by molar-refractivity contribution is 5.76. The number of ether oxygens (including phenoxy) is 2. The minimum atomic E-state index is -0.672. The standard InChI is InChI=1S/C26H50O6/c1-7-31-23(29)25(3,4)19-15-11-9-13-17-21(27)22(28)18-14-10-12-16-20-26(5,6)24(30)32-8-2/h21-22,27-28H,7-20H2,1-6H3/t21-,22-/m0/s1. The third kappa shape index (κ3) is 13.4. The van der Waals surface area contributed by atoms with Gasteiger partial charge in [-0.25, -0.2) is 0 Å². The molecule has 0 aromatic rings. The molecule has 0 saturated carbocycles. The SMILES string of the molecule is CCOC(=O)C(C)(C)CCCCCC[C@H](O)[C@@H](O)CCCCCCC(C)(C)C(=O)OCC. The fourth-order valence-corrected chi connectivity index (χ4v) is 3.79. The summed E-state index contributed by atoms with van der Waals surface area (Å²) >= 11 is 0. The van der Waals surface area contributed by atoms with Crippen LogP contribution in [0.5, 0.6) is 0 Å². The van der Waals surface area contributed by atoms with Crippen LogP contribution in [0.3, 0.4) is 0 Å². The largest absolute Gasteiger partial charge is 0.466 e. The maximum absolute atomic E-state index is 11.9. The molecule has 0 spiro atoms. The molecule has 2 atom stereocenters. The summed E-state index contributed by atoms with van der Waals surface area (Å²) in [5.41, 5.74) is -0.888. The van der Waals surface area contributed by atoms with Gasteiger partial charge < -0.3 is 19.7 Å². The first-order valence-electron chi connectivity index (χ1n) is 12.7. The number of hydrogen-bond donors (Lipinski definition) is 2. The highest BCUT2D eigenvalue weighted by Gasteiger charge is 2.29. The molecule has 0 aliphatic carbocycles. The number of carbonyl (C=O) groups is 2. The van der Waals surface area contributed by atoms with Crippen molar-refractivity contribution in [2.75, 3.05) is 13.2 Å². The maximum Gasteiger partial charge on any atom is 0.311 e. The van der Waals surface area contributed by atoms with Crippen molar-refractivity contribution >= 4 is 11.9 Å². The number of unbranched alkanes of at least 4 members (excludes halogenated alkanes) is 6. The van der Waals surface area contributed by atoms with Gasteiger partial charge in [-0.15, -0.1) is 0 Å². The summed E-state index contributed by atoms with van der Waals surface area (Å²) in [5.74, 6) is -0.275. The maximum atomic E-state index is 11.9. The third-order valence-corrected chi connectivity index (χ3v) is 6.20. The molecule has 6 nitrogen and oxygen atoms in total. The van der Waals surface area contributed by atoms with E-state index in [4.69, 9.17) is 9.47 Å². The van der Waals surface area contributed by atoms with Gasteiger partial charge in [0.15, 0.2) is 0 Å². The van der Waals surface area contributed by atoms with E-state index in [1.54, 1.807) is 0 Å². The van der Waals surface area contributed by atoms with E-state index in [-0.39, 0.29) is 11.9 Å². The molecule has 6 heteroatoms. The van der Waals surface area contributed by atoms with Crippen LogP contribution in [-0.4, -0.2) is 47.6 Å². The first-order chi connectivity index (χ1) is 15.0. The molecule has 0 saturated heterocycles. The molecule has 0 aliphatic heterocycles. The van der Waals surface area contributed by atoms with Gasteiger partial charge in [0, 0.05) is 0 Å². The molecule has 2 N–H and O–H groups in total. The smallest absolute Gasteiger partial charge is 0.311 e. The van der Waals surface area contributed by atoms with Crippen LogP contribution in [0.1, 0.15) is 119 Å². The van der Waals surface area contributed by atoms with Gasteiger partial charge in [-0.3, -0.25) is 9.59 Å². The summed E-state index contributed by atoms with van der Waals surface area (Å²) in [6.45, 7) is 12.2. The van der Waals surface area contributed by atoms with Crippen molar-refractivity contribution in [1.82, 2.24) is 0 Å². The molecule has 0 aliphatic rings. The van der Waals surface area contributed by atoms with Crippen LogP contribution < -0.4 is 0 Å². The Morgan fingerprint density at radius 2 is 0.938 bits per heavy atom. The number of esters is 2. The second kappa shape index (κ2) is 16.5. The van der Waals surface area contributed by atoms with Gasteiger partial charge in [0.25, 0.3) is 0 Å². The van der Waals surface area contributed by atoms with Gasteiger partial charge >= 0.3 is 11.9 Å². The fourth-order valence-electron chi connectivity index (χ4n) is 3.79. The van der Waals surface area contributed by atoms with Gasteiger partial charge in [0.2, 0.25) is 0 Å². The van der Waals surface area contributed by atoms with Crippen molar-refractivity contribution in [3.63, 3.8) is 0 Å². The third-order valence-electron chi connectivity index (χ3n) is 6.20. The Hall–Kier alpha value is -1.14. The van der Waals surface area contributed by atoms with Crippen LogP contribution in [0, 0.1) is 10.8 Å². The summed E-state index contributed by atoms with van der Waals surface area (Å²) in [5, 5.41) is 20.4. The van der Waals surface area contributed by atoms with Crippen molar-refractivity contribution < 1.29 is 29.3 Å². The summed E-state index contributed by atoms with van der Waals surface area (Å²) in [4.78, 5) is 23.8. The summed E-state index contributed by atoms with van der Waals surface area (Å²) in [7, 11) is 0. The van der Waals surface area contributed by atoms with Crippen molar-refractivity contribution in [3.8, 4) is 0 Å². The zero-order valence-electron chi connectivity index (χ0n) is 21.6. The van der Waals surface area contributed by atoms with Gasteiger partial charge in [-0.1, -0.05) is 51.4 Å². The van der Waals surface area contributed by atoms with E-state index >= 15 is 0 Å². The minimum absolute atomic E-state index is 0.138. The molecule has 190 valence electrons. The second-order valence-corrected chi connectivity index (χ2v) is 10.2. The van der Waals surface area contributed by atoms with Gasteiger partial charge in [-0.2, -0.15) is 0 Å². The fraction of sp³-hybridized carbons (Fsp3) is 0.923. The van der Waals surface area contributed by atoms with Crippen LogP contribution >= 0.6 is 0 Å². The average molecular weight is 459 g/mol. The Morgan fingerprint density at radius 3 is 1.25 bits per heavy atom. The number of hydrogen-bond acceptors (Lipinski definition) is 6. The van der Waals surface area contributed by atoms with Crippen LogP contribution in [-0.2, 0) is 19.1 Å². The summed E-state index contributed by atoms with van der Waals surface area (Å²) in [6, 6.07) is 0. The van der Waals surface area contributed by atoms with E-state index in [9.17, 15) is 19.8 Å². The lowest BCUT2D eigenvalue weighted by Crippen LogP contribution is -2.26. The van der Waals surface area contributed by atoms with E-state index in [0.717, 1.165) is 64.2 Å². The molecule has 0 rings (SSSR count). The Kier molecular flexibility index (Phi) is 15.9. The van der Waals surface area contributed by atoms with Crippen molar-refractivity contribution in [2.24, 2.45) is 10.8 Å². The molecule has 0 amide bonds. The van der Waals surface area contributed by atoms with Gasteiger partial charge in [0.05, 0.1) is 36.3 Å². The molecular formula is C26H50O6. The normalized spacial score (nSPS) is 14.1. The highest BCUT2D eigenvalue weighted by atomic mass is 16.5. The Labute approximate surface area is 196 Å². The first kappa shape index (κ1) is 30.9. The summed E-state index contributed by atoms with van der Waals surface area (Å²) in [6.07, 6.45) is 9.12. The number of aliphatic hydroxyl groups is 2. The lowest BCUT2D eigenvalue weighted by Gasteiger charge is -2.22. The number of carbonyl (C=O) groups excluding carboxylic acids is 2. The van der Waals surface area contributed by atoms with Crippen molar-refractivity contribution in [3.05, 3.63) is 0 Å². The molecule has 0 unspecified atom stereocenters. The Bertz CT molecular complexity index is 468. The van der Waals surface area contributed by atoms with Crippen molar-refractivity contribution in [2.45, 2.75) is 131 Å². The number of rotatable bonds is 19. The predicted molar refractivity (Wildman–Crippen MR) is 128 cm³/mol. The topological polar surface area (TPSA) is 93.1 Å². The lowest BCUT2D eigenvalue weighted by atomic mass is 9.86. The van der Waals surface area contributed by atoms with Crippen LogP contribution in [0.15, 0.2) is 0 Å². The molecule has 0 aromatic heterocycles. The van der Waals surface area contributed by atoms with Crippen molar-refractivity contribution in [1.29, 1.82) is 0 Å². The molecule has 0 heterocycles. The molecule has 0 bridgehead atoms. The Morgan fingerprint density at radius 1 is 0.625 bits per heavy atom. The average Bonchev–Trinajstić information content (AvgIpc) is 2.72. The Balaban J connectivity index is 3.81. The van der Waals surface area contributed by atoms with Gasteiger partial charge in [-0.05, 0) is 67.2 Å². The molecule has 32 heavy (non-hydrogen) atoms. The molecule has 0 fully saturated rings. The van der Waals surface area contributed by atoms with E-state index in [1.807, 2.05) is 41.5 Å². The van der Waals surface area contributed by atoms with E-state index in [1.165, 1.54) is 0 Å². The predicted octanol–water partition coefficient (Wildman–Crippen LogP) is 5.57. The zero-order valence-corrected chi connectivity index (χ0v) is 21.6. The molecule has 0 radical (unpaired) electrons. The molecule has 0 aromatic carbocycles. The van der Waals surface area contributed by atoms with E-state index < -0.39 is 23.0 Å². The molecular weight excluding hydrogens is 408 g/mol. The van der Waals surface area contributed by atoms with Crippen LogP contribution in [0.25, 0.3) is 0 Å².